The SMILES string of the molecule is CCc1n(N=C(C)c2ccc(N(C)C)cc2)cc[n+]1N.[Cl-]. The van der Waals surface area contributed by atoms with Gasteiger partial charge in [0.05, 0.1) is 12.1 Å². The van der Waals surface area contributed by atoms with Crippen LogP contribution in [0, 0.1) is 0 Å². The highest BCUT2D eigenvalue weighted by atomic mass is 35.5. The monoisotopic (exact) mass is 307 g/mol. The molecule has 1 aromatic carbocycles. The zero-order chi connectivity index (χ0) is 14.7. The van der Waals surface area contributed by atoms with Crippen LogP contribution in [0.5, 0.6) is 0 Å². The molecule has 0 unspecified atom stereocenters. The van der Waals surface area contributed by atoms with Gasteiger partial charge in [-0.05, 0) is 24.6 Å². The normalized spacial score (nSPS) is 11.1. The van der Waals surface area contributed by atoms with Crippen LogP contribution in [0.4, 0.5) is 5.69 Å². The minimum atomic E-state index is 0. The van der Waals surface area contributed by atoms with Crippen molar-refractivity contribution in [3.8, 4) is 0 Å². The molecule has 0 amide bonds. The summed E-state index contributed by atoms with van der Waals surface area (Å²) < 4.78 is 3.43. The van der Waals surface area contributed by atoms with Gasteiger partial charge in [0.1, 0.15) is 0 Å². The number of imidazole rings is 1. The topological polar surface area (TPSA) is 50.4 Å². The van der Waals surface area contributed by atoms with E-state index >= 15 is 0 Å². The first-order chi connectivity index (χ1) is 9.52. The van der Waals surface area contributed by atoms with E-state index in [0.717, 1.165) is 23.5 Å². The van der Waals surface area contributed by atoms with Gasteiger partial charge >= 0.3 is 5.82 Å². The van der Waals surface area contributed by atoms with Crippen molar-refractivity contribution in [2.24, 2.45) is 5.10 Å². The molecule has 0 bridgehead atoms. The van der Waals surface area contributed by atoms with Crippen LogP contribution in [0.2, 0.25) is 0 Å². The molecule has 1 aromatic heterocycles. The molecule has 5 nitrogen and oxygen atoms in total. The molecule has 0 aliphatic carbocycles. The predicted octanol–water partition coefficient (Wildman–Crippen LogP) is -1.61. The summed E-state index contributed by atoms with van der Waals surface area (Å²) in [5, 5.41) is 4.61. The van der Waals surface area contributed by atoms with Crippen molar-refractivity contribution >= 4 is 11.4 Å². The van der Waals surface area contributed by atoms with Crippen molar-refractivity contribution in [3.63, 3.8) is 0 Å². The van der Waals surface area contributed by atoms with E-state index in [0.29, 0.717) is 0 Å². The van der Waals surface area contributed by atoms with Crippen LogP contribution >= 0.6 is 0 Å². The van der Waals surface area contributed by atoms with Gasteiger partial charge in [-0.25, -0.2) is 0 Å². The average molecular weight is 308 g/mol. The van der Waals surface area contributed by atoms with Crippen molar-refractivity contribution in [1.29, 1.82) is 0 Å². The standard InChI is InChI=1S/C15H22N5.ClH/c1-5-15-19(16)10-11-20(15)17-12(2)13-6-8-14(9-7-13)18(3)4;/h6-11H,5,16H2,1-4H3;1H/q+1;/p-1. The second kappa shape index (κ2) is 7.13. The Hall–Kier alpha value is -2.01. The third-order valence-electron chi connectivity index (χ3n) is 3.31. The highest BCUT2D eigenvalue weighted by Crippen LogP contribution is 2.13. The van der Waals surface area contributed by atoms with E-state index in [4.69, 9.17) is 5.84 Å². The van der Waals surface area contributed by atoms with E-state index in [9.17, 15) is 0 Å². The number of nitrogen functional groups attached to an aromatic ring is 1. The van der Waals surface area contributed by atoms with E-state index < -0.39 is 0 Å². The molecule has 0 aliphatic heterocycles. The molecule has 0 radical (unpaired) electrons. The van der Waals surface area contributed by atoms with Crippen molar-refractivity contribution in [2.75, 3.05) is 24.8 Å². The second-order valence-corrected chi connectivity index (χ2v) is 4.95. The van der Waals surface area contributed by atoms with Gasteiger partial charge in [0.15, 0.2) is 12.4 Å². The van der Waals surface area contributed by atoms with Crippen molar-refractivity contribution in [2.45, 2.75) is 20.3 Å². The molecule has 0 saturated carbocycles. The van der Waals surface area contributed by atoms with Gasteiger partial charge in [0, 0.05) is 19.8 Å². The number of hydrogen-bond acceptors (Lipinski definition) is 3. The van der Waals surface area contributed by atoms with E-state index in [1.54, 1.807) is 4.68 Å². The van der Waals surface area contributed by atoms with E-state index in [1.165, 1.54) is 5.69 Å². The number of hydrogen-bond donors (Lipinski definition) is 1. The average Bonchev–Trinajstić information content (AvgIpc) is 2.79. The first-order valence-electron chi connectivity index (χ1n) is 6.73. The lowest BCUT2D eigenvalue weighted by Crippen LogP contribution is -3.00. The lowest BCUT2D eigenvalue weighted by atomic mass is 10.1. The molecular weight excluding hydrogens is 286 g/mol. The zero-order valence-corrected chi connectivity index (χ0v) is 13.7. The quantitative estimate of drug-likeness (QED) is 0.420. The highest BCUT2D eigenvalue weighted by molar-refractivity contribution is 5.98. The van der Waals surface area contributed by atoms with Gasteiger partial charge in [0.2, 0.25) is 0 Å². The lowest BCUT2D eigenvalue weighted by Gasteiger charge is -2.12. The summed E-state index contributed by atoms with van der Waals surface area (Å²) in [6.07, 6.45) is 4.52. The van der Waals surface area contributed by atoms with Gasteiger partial charge in [-0.2, -0.15) is 0 Å². The van der Waals surface area contributed by atoms with Crippen LogP contribution in [-0.2, 0) is 6.42 Å². The second-order valence-electron chi connectivity index (χ2n) is 4.95. The summed E-state index contributed by atoms with van der Waals surface area (Å²) in [5.41, 5.74) is 3.24. The first kappa shape index (κ1) is 17.0. The molecule has 0 aliphatic rings. The molecule has 2 N–H and O–H groups in total. The third-order valence-corrected chi connectivity index (χ3v) is 3.31. The molecule has 1 heterocycles. The van der Waals surface area contributed by atoms with Gasteiger partial charge in [0.25, 0.3) is 0 Å². The number of halogens is 1. The summed E-state index contributed by atoms with van der Waals surface area (Å²) in [5.74, 6) is 6.81. The maximum atomic E-state index is 5.84. The van der Waals surface area contributed by atoms with Gasteiger partial charge in [-0.3, -0.25) is 5.84 Å². The number of aromatic nitrogens is 2. The number of anilines is 1. The Bertz CT molecular complexity index is 613. The third kappa shape index (κ3) is 3.76. The minimum absolute atomic E-state index is 0. The molecule has 0 spiro atoms. The van der Waals surface area contributed by atoms with Gasteiger partial charge in [-0.15, -0.1) is 9.35 Å². The number of nitrogens with two attached hydrogens (primary N) is 1. The van der Waals surface area contributed by atoms with E-state index in [-0.39, 0.29) is 12.4 Å². The highest BCUT2D eigenvalue weighted by Gasteiger charge is 2.13. The zero-order valence-electron chi connectivity index (χ0n) is 12.9. The maximum Gasteiger partial charge on any atom is 0.304 e. The number of rotatable bonds is 4. The van der Waals surface area contributed by atoms with Crippen molar-refractivity contribution in [1.82, 2.24) is 4.68 Å². The largest absolute Gasteiger partial charge is 1.00 e. The summed E-state index contributed by atoms with van der Waals surface area (Å²) >= 11 is 0. The summed E-state index contributed by atoms with van der Waals surface area (Å²) in [6, 6.07) is 8.35. The fourth-order valence-corrected chi connectivity index (χ4v) is 2.08. The fourth-order valence-electron chi connectivity index (χ4n) is 2.08. The Morgan fingerprint density at radius 1 is 1.29 bits per heavy atom. The Balaban J connectivity index is 0.00000220. The smallest absolute Gasteiger partial charge is 0.304 e. The molecule has 2 aromatic rings. The molecule has 0 saturated heterocycles. The molecular formula is C15H22ClN5. The van der Waals surface area contributed by atoms with Crippen LogP contribution in [-0.4, -0.2) is 24.5 Å². The summed E-state index contributed by atoms with van der Waals surface area (Å²) in [7, 11) is 4.06. The molecule has 0 atom stereocenters. The van der Waals surface area contributed by atoms with E-state index in [2.05, 4.69) is 41.2 Å². The van der Waals surface area contributed by atoms with Gasteiger partial charge in [-0.1, -0.05) is 24.2 Å². The van der Waals surface area contributed by atoms with Crippen molar-refractivity contribution in [3.05, 3.63) is 48.0 Å². The predicted molar refractivity (Wildman–Crippen MR) is 82.5 cm³/mol. The lowest BCUT2D eigenvalue weighted by molar-refractivity contribution is -0.646. The van der Waals surface area contributed by atoms with Crippen LogP contribution in [0.25, 0.3) is 0 Å². The Morgan fingerprint density at radius 2 is 1.90 bits per heavy atom. The molecule has 114 valence electrons. The van der Waals surface area contributed by atoms with Gasteiger partial charge < -0.3 is 17.3 Å². The molecule has 21 heavy (non-hydrogen) atoms. The Morgan fingerprint density at radius 3 is 2.43 bits per heavy atom. The molecule has 0 fully saturated rings. The van der Waals surface area contributed by atoms with Crippen LogP contribution in [0.1, 0.15) is 25.2 Å². The van der Waals surface area contributed by atoms with Crippen LogP contribution < -0.4 is 27.8 Å². The van der Waals surface area contributed by atoms with E-state index in [1.807, 2.05) is 38.1 Å². The summed E-state index contributed by atoms with van der Waals surface area (Å²) in [6.45, 7) is 4.07. The van der Waals surface area contributed by atoms with Crippen LogP contribution in [0.15, 0.2) is 41.8 Å². The maximum absolute atomic E-state index is 5.84. The Labute approximate surface area is 132 Å². The fraction of sp³-hybridized carbons (Fsp3) is 0.333. The number of nitrogens with zero attached hydrogens (tertiary/aromatic N) is 4. The van der Waals surface area contributed by atoms with Crippen molar-refractivity contribution < 1.29 is 17.1 Å². The minimum Gasteiger partial charge on any atom is -1.00 e. The van der Waals surface area contributed by atoms with Crippen LogP contribution in [0.3, 0.4) is 0 Å². The number of benzene rings is 1. The Kier molecular flexibility index (Phi) is 5.79. The molecule has 2 rings (SSSR count). The summed E-state index contributed by atoms with van der Waals surface area (Å²) in [4.78, 5) is 2.08. The molecule has 6 heteroatoms. The first-order valence-corrected chi connectivity index (χ1v) is 6.73.